The molecule has 4 aliphatic carbocycles. The van der Waals surface area contributed by atoms with Crippen molar-refractivity contribution < 1.29 is 14.3 Å². The first-order valence-corrected chi connectivity index (χ1v) is 9.83. The maximum Gasteiger partial charge on any atom is 0.163 e. The Kier molecular flexibility index (Phi) is 3.79. The first kappa shape index (κ1) is 17.1. The molecular formula is C22H30O3. The van der Waals surface area contributed by atoms with Crippen molar-refractivity contribution in [2.75, 3.05) is 7.11 Å². The van der Waals surface area contributed by atoms with Crippen LogP contribution >= 0.6 is 0 Å². The van der Waals surface area contributed by atoms with Crippen molar-refractivity contribution in [1.29, 1.82) is 0 Å². The molecule has 0 aromatic rings. The molecule has 3 saturated carbocycles. The zero-order chi connectivity index (χ0) is 18.0. The smallest absolute Gasteiger partial charge is 0.163 e. The highest BCUT2D eigenvalue weighted by atomic mass is 16.5. The summed E-state index contributed by atoms with van der Waals surface area (Å²) in [6.07, 6.45) is 8.72. The SMILES string of the molecule is CO/C(C)=C1/C(=O)CC2C3CCC4=CC(=O)CCC4(C)C3CCC12C. The second kappa shape index (κ2) is 5.56. The molecule has 0 aromatic heterocycles. The van der Waals surface area contributed by atoms with Crippen LogP contribution in [0.4, 0.5) is 0 Å². The molecule has 0 amide bonds. The van der Waals surface area contributed by atoms with Gasteiger partial charge in [-0.25, -0.2) is 0 Å². The molecule has 0 spiro atoms. The zero-order valence-corrected chi connectivity index (χ0v) is 16.0. The van der Waals surface area contributed by atoms with E-state index in [2.05, 4.69) is 13.8 Å². The van der Waals surface area contributed by atoms with Gasteiger partial charge in [0.15, 0.2) is 11.6 Å². The van der Waals surface area contributed by atoms with Crippen molar-refractivity contribution in [2.45, 2.75) is 65.7 Å². The molecule has 136 valence electrons. The van der Waals surface area contributed by atoms with Gasteiger partial charge in [0.2, 0.25) is 0 Å². The lowest BCUT2D eigenvalue weighted by molar-refractivity contribution is -0.117. The average Bonchev–Trinajstić information content (AvgIpc) is 2.85. The third kappa shape index (κ3) is 2.23. The van der Waals surface area contributed by atoms with Crippen LogP contribution in [0.5, 0.6) is 0 Å². The van der Waals surface area contributed by atoms with Crippen LogP contribution in [0.15, 0.2) is 23.0 Å². The zero-order valence-electron chi connectivity index (χ0n) is 16.0. The van der Waals surface area contributed by atoms with Gasteiger partial charge < -0.3 is 4.74 Å². The molecule has 0 radical (unpaired) electrons. The van der Waals surface area contributed by atoms with E-state index in [9.17, 15) is 9.59 Å². The first-order valence-electron chi connectivity index (χ1n) is 9.83. The highest BCUT2D eigenvalue weighted by Gasteiger charge is 2.60. The summed E-state index contributed by atoms with van der Waals surface area (Å²) in [7, 11) is 1.68. The standard InChI is InChI=1S/C22H30O3/c1-13(25-4)20-19(24)12-18-16-6-5-14-11-15(23)7-9-21(14,2)17(16)8-10-22(18,20)3/h11,16-18H,5-10,12H2,1-4H3/b20-13-. The molecule has 5 unspecified atom stereocenters. The summed E-state index contributed by atoms with van der Waals surface area (Å²) in [5.41, 5.74) is 2.50. The van der Waals surface area contributed by atoms with Crippen molar-refractivity contribution in [3.8, 4) is 0 Å². The van der Waals surface area contributed by atoms with E-state index in [1.165, 1.54) is 5.57 Å². The van der Waals surface area contributed by atoms with E-state index in [1.54, 1.807) is 7.11 Å². The number of ketones is 2. The minimum absolute atomic E-state index is 0.0274. The monoisotopic (exact) mass is 342 g/mol. The number of hydrogen-bond acceptors (Lipinski definition) is 3. The quantitative estimate of drug-likeness (QED) is 0.516. The number of rotatable bonds is 1. The van der Waals surface area contributed by atoms with E-state index in [-0.39, 0.29) is 10.8 Å². The normalized spacial score (nSPS) is 45.3. The molecular weight excluding hydrogens is 312 g/mol. The Hall–Kier alpha value is -1.38. The van der Waals surface area contributed by atoms with Gasteiger partial charge in [-0.1, -0.05) is 19.4 Å². The molecule has 4 rings (SSSR count). The molecule has 3 fully saturated rings. The summed E-state index contributed by atoms with van der Waals surface area (Å²) in [5, 5.41) is 0. The van der Waals surface area contributed by atoms with Gasteiger partial charge in [-0.15, -0.1) is 0 Å². The fourth-order valence-corrected chi connectivity index (χ4v) is 6.89. The number of carbonyl (C=O) groups excluding carboxylic acids is 2. The van der Waals surface area contributed by atoms with Crippen LogP contribution in [0.3, 0.4) is 0 Å². The molecule has 25 heavy (non-hydrogen) atoms. The van der Waals surface area contributed by atoms with E-state index in [0.717, 1.165) is 43.4 Å². The number of fused-ring (bicyclic) bond motifs is 5. The largest absolute Gasteiger partial charge is 0.501 e. The Morgan fingerprint density at radius 2 is 1.84 bits per heavy atom. The van der Waals surface area contributed by atoms with Crippen LogP contribution in [0, 0.1) is 28.6 Å². The fourth-order valence-electron chi connectivity index (χ4n) is 6.89. The minimum atomic E-state index is -0.0274. The molecule has 3 nitrogen and oxygen atoms in total. The van der Waals surface area contributed by atoms with Crippen LogP contribution in [0.2, 0.25) is 0 Å². The summed E-state index contributed by atoms with van der Waals surface area (Å²) in [6, 6.07) is 0. The second-order valence-electron chi connectivity index (χ2n) is 9.19. The summed E-state index contributed by atoms with van der Waals surface area (Å²) in [5.74, 6) is 3.09. The Balaban J connectivity index is 1.72. The molecule has 0 aromatic carbocycles. The van der Waals surface area contributed by atoms with Gasteiger partial charge in [0, 0.05) is 23.8 Å². The number of Topliss-reactive ketones (excluding diaryl/α,β-unsaturated/α-hetero) is 1. The highest BCUT2D eigenvalue weighted by molar-refractivity contribution is 6.00. The molecule has 0 N–H and O–H groups in total. The number of allylic oxidation sites excluding steroid dienone is 3. The van der Waals surface area contributed by atoms with Gasteiger partial charge in [0.25, 0.3) is 0 Å². The maximum atomic E-state index is 12.8. The van der Waals surface area contributed by atoms with Crippen LogP contribution in [0.25, 0.3) is 0 Å². The van der Waals surface area contributed by atoms with Gasteiger partial charge in [0.1, 0.15) is 0 Å². The predicted molar refractivity (Wildman–Crippen MR) is 96.8 cm³/mol. The Bertz CT molecular complexity index is 700. The Labute approximate surface area is 150 Å². The van der Waals surface area contributed by atoms with Gasteiger partial charge in [-0.3, -0.25) is 9.59 Å². The van der Waals surface area contributed by atoms with Crippen molar-refractivity contribution in [3.63, 3.8) is 0 Å². The van der Waals surface area contributed by atoms with Crippen LogP contribution in [-0.4, -0.2) is 18.7 Å². The molecule has 4 aliphatic rings. The summed E-state index contributed by atoms with van der Waals surface area (Å²) in [4.78, 5) is 24.7. The first-order chi connectivity index (χ1) is 11.8. The molecule has 0 saturated heterocycles. The molecule has 3 heteroatoms. The average molecular weight is 342 g/mol. The van der Waals surface area contributed by atoms with E-state index < -0.39 is 0 Å². The lowest BCUT2D eigenvalue weighted by Crippen LogP contribution is -2.49. The molecule has 0 heterocycles. The molecule has 0 bridgehead atoms. The van der Waals surface area contributed by atoms with E-state index >= 15 is 0 Å². The third-order valence-corrected chi connectivity index (χ3v) is 8.27. The molecule has 0 aliphatic heterocycles. The minimum Gasteiger partial charge on any atom is -0.501 e. The predicted octanol–water partition coefficient (Wildman–Crippen LogP) is 4.62. The topological polar surface area (TPSA) is 43.4 Å². The summed E-state index contributed by atoms with van der Waals surface area (Å²) in [6.45, 7) is 6.64. The fraction of sp³-hybridized carbons (Fsp3) is 0.727. The highest BCUT2D eigenvalue weighted by Crippen LogP contribution is 2.66. The number of carbonyl (C=O) groups is 2. The molecule has 5 atom stereocenters. The van der Waals surface area contributed by atoms with E-state index in [1.807, 2.05) is 13.0 Å². The van der Waals surface area contributed by atoms with Gasteiger partial charge in [-0.2, -0.15) is 0 Å². The number of ether oxygens (including phenoxy) is 1. The van der Waals surface area contributed by atoms with Crippen molar-refractivity contribution in [3.05, 3.63) is 23.0 Å². The summed E-state index contributed by atoms with van der Waals surface area (Å²) < 4.78 is 5.48. The van der Waals surface area contributed by atoms with E-state index in [4.69, 9.17) is 4.74 Å². The second-order valence-corrected chi connectivity index (χ2v) is 9.19. The van der Waals surface area contributed by atoms with Gasteiger partial charge >= 0.3 is 0 Å². The number of methoxy groups -OCH3 is 1. The third-order valence-electron chi connectivity index (χ3n) is 8.27. The van der Waals surface area contributed by atoms with Crippen molar-refractivity contribution in [2.24, 2.45) is 28.6 Å². The van der Waals surface area contributed by atoms with E-state index in [0.29, 0.717) is 42.2 Å². The van der Waals surface area contributed by atoms with Crippen molar-refractivity contribution >= 4 is 11.6 Å². The van der Waals surface area contributed by atoms with Crippen LogP contribution < -0.4 is 0 Å². The van der Waals surface area contributed by atoms with Crippen LogP contribution in [0.1, 0.15) is 65.7 Å². The Morgan fingerprint density at radius 1 is 1.08 bits per heavy atom. The van der Waals surface area contributed by atoms with Crippen molar-refractivity contribution in [1.82, 2.24) is 0 Å². The lowest BCUT2D eigenvalue weighted by atomic mass is 9.47. The lowest BCUT2D eigenvalue weighted by Gasteiger charge is -2.57. The van der Waals surface area contributed by atoms with Gasteiger partial charge in [0.05, 0.1) is 12.9 Å². The summed E-state index contributed by atoms with van der Waals surface area (Å²) >= 11 is 0. The van der Waals surface area contributed by atoms with Crippen LogP contribution in [-0.2, 0) is 14.3 Å². The maximum absolute atomic E-state index is 12.8. The van der Waals surface area contributed by atoms with Gasteiger partial charge in [-0.05, 0) is 68.3 Å². The number of hydrogen-bond donors (Lipinski definition) is 0. The Morgan fingerprint density at radius 3 is 2.56 bits per heavy atom.